The fraction of sp³-hybridized carbons (Fsp3) is 0.800. The number of carbonyl (C=O) groups excluding carboxylic acids is 2. The van der Waals surface area contributed by atoms with E-state index in [0.717, 1.165) is 6.92 Å². The second-order valence-electron chi connectivity index (χ2n) is 4.07. The summed E-state index contributed by atoms with van der Waals surface area (Å²) in [6, 6.07) is 0. The molecule has 1 heterocycles. The van der Waals surface area contributed by atoms with E-state index < -0.39 is 47.3 Å². The summed E-state index contributed by atoms with van der Waals surface area (Å²) in [6.07, 6.45) is -5.79. The quantitative estimate of drug-likeness (QED) is 0.563. The van der Waals surface area contributed by atoms with Crippen molar-refractivity contribution in [1.82, 2.24) is 0 Å². The molecule has 1 saturated heterocycles. The molecule has 1 fully saturated rings. The van der Waals surface area contributed by atoms with Crippen LogP contribution in [0.1, 0.15) is 13.8 Å². The first-order valence-electron chi connectivity index (χ1n) is 5.39. The van der Waals surface area contributed by atoms with Crippen molar-refractivity contribution in [2.45, 2.75) is 43.5 Å². The highest BCUT2D eigenvalue weighted by molar-refractivity contribution is 8.14. The standard InChI is InChI=1S/C10H15FO7S/c1-4(12)17-3-6(19-5(2)13)8-10(11,16)7(14)9(15)18-8/h6-9,14-16H,3H2,1-2H3/t6-,7+,8-,9?,10-/m1/s1. The van der Waals surface area contributed by atoms with Crippen LogP contribution < -0.4 is 0 Å². The van der Waals surface area contributed by atoms with Gasteiger partial charge in [-0.1, -0.05) is 11.8 Å². The molecule has 0 aromatic carbocycles. The number of esters is 1. The zero-order chi connectivity index (χ0) is 14.8. The first-order valence-corrected chi connectivity index (χ1v) is 6.27. The highest BCUT2D eigenvalue weighted by atomic mass is 32.2. The molecule has 0 aromatic heterocycles. The minimum absolute atomic E-state index is 0.407. The number of thioether (sulfide) groups is 1. The molecule has 0 aliphatic carbocycles. The Labute approximate surface area is 112 Å². The number of aliphatic hydroxyl groups excluding tert-OH is 2. The van der Waals surface area contributed by atoms with E-state index in [0.29, 0.717) is 11.8 Å². The molecular weight excluding hydrogens is 283 g/mol. The van der Waals surface area contributed by atoms with Gasteiger partial charge in [-0.05, 0) is 0 Å². The topological polar surface area (TPSA) is 113 Å². The lowest BCUT2D eigenvalue weighted by atomic mass is 10.1. The van der Waals surface area contributed by atoms with Crippen molar-refractivity contribution in [3.05, 3.63) is 0 Å². The normalized spacial score (nSPS) is 36.0. The Kier molecular flexibility index (Phi) is 5.27. The minimum atomic E-state index is -3.24. The third kappa shape index (κ3) is 3.86. The molecule has 0 amide bonds. The summed E-state index contributed by atoms with van der Waals surface area (Å²) in [4.78, 5) is 21.8. The Morgan fingerprint density at radius 3 is 2.42 bits per heavy atom. The van der Waals surface area contributed by atoms with Gasteiger partial charge in [-0.3, -0.25) is 9.59 Å². The third-order valence-electron chi connectivity index (χ3n) is 2.48. The predicted molar refractivity (Wildman–Crippen MR) is 61.6 cm³/mol. The minimum Gasteiger partial charge on any atom is -0.465 e. The number of rotatable bonds is 4. The van der Waals surface area contributed by atoms with Crippen molar-refractivity contribution in [3.63, 3.8) is 0 Å². The van der Waals surface area contributed by atoms with Crippen LogP contribution in [0.2, 0.25) is 0 Å². The number of ether oxygens (including phenoxy) is 2. The van der Waals surface area contributed by atoms with E-state index in [-0.39, 0.29) is 0 Å². The van der Waals surface area contributed by atoms with Crippen LogP contribution in [0.25, 0.3) is 0 Å². The summed E-state index contributed by atoms with van der Waals surface area (Å²) in [5.41, 5.74) is 0. The summed E-state index contributed by atoms with van der Waals surface area (Å²) in [5.74, 6) is -3.90. The number of carbonyl (C=O) groups is 2. The van der Waals surface area contributed by atoms with Gasteiger partial charge in [0.25, 0.3) is 5.85 Å². The van der Waals surface area contributed by atoms with Gasteiger partial charge in [0.1, 0.15) is 12.7 Å². The van der Waals surface area contributed by atoms with Crippen molar-refractivity contribution in [2.24, 2.45) is 0 Å². The largest absolute Gasteiger partial charge is 0.465 e. The van der Waals surface area contributed by atoms with Gasteiger partial charge >= 0.3 is 5.97 Å². The summed E-state index contributed by atoms with van der Waals surface area (Å²) in [6.45, 7) is 1.91. The van der Waals surface area contributed by atoms with E-state index in [9.17, 15) is 29.3 Å². The molecular formula is C10H15FO7S. The summed E-state index contributed by atoms with van der Waals surface area (Å²) in [7, 11) is 0. The Morgan fingerprint density at radius 2 is 2.05 bits per heavy atom. The van der Waals surface area contributed by atoms with Crippen LogP contribution in [-0.2, 0) is 19.1 Å². The fourth-order valence-electron chi connectivity index (χ4n) is 1.63. The van der Waals surface area contributed by atoms with Crippen molar-refractivity contribution in [2.75, 3.05) is 6.61 Å². The number of aliphatic hydroxyl groups is 3. The van der Waals surface area contributed by atoms with E-state index in [1.54, 1.807) is 0 Å². The van der Waals surface area contributed by atoms with Crippen LogP contribution >= 0.6 is 11.8 Å². The highest BCUT2D eigenvalue weighted by Gasteiger charge is 2.59. The molecule has 110 valence electrons. The zero-order valence-electron chi connectivity index (χ0n) is 10.3. The van der Waals surface area contributed by atoms with Gasteiger partial charge in [0, 0.05) is 13.8 Å². The summed E-state index contributed by atoms with van der Waals surface area (Å²) < 4.78 is 23.2. The SMILES string of the molecule is CC(=O)OC[C@@H](SC(C)=O)[C@H]1OC(O)[C@H](O)[C@]1(O)F. The highest BCUT2D eigenvalue weighted by Crippen LogP contribution is 2.37. The van der Waals surface area contributed by atoms with Gasteiger partial charge in [0.2, 0.25) is 0 Å². The monoisotopic (exact) mass is 298 g/mol. The van der Waals surface area contributed by atoms with Crippen molar-refractivity contribution in [3.8, 4) is 0 Å². The Hall–Kier alpha value is -0.740. The molecule has 1 aliphatic rings. The van der Waals surface area contributed by atoms with Gasteiger partial charge in [-0.2, -0.15) is 0 Å². The van der Waals surface area contributed by atoms with Crippen LogP contribution in [0, 0.1) is 0 Å². The number of hydrogen-bond acceptors (Lipinski definition) is 8. The molecule has 1 aliphatic heterocycles. The lowest BCUT2D eigenvalue weighted by Gasteiger charge is -2.27. The van der Waals surface area contributed by atoms with E-state index in [1.165, 1.54) is 6.92 Å². The van der Waals surface area contributed by atoms with Crippen molar-refractivity contribution in [1.29, 1.82) is 0 Å². The molecule has 5 atom stereocenters. The van der Waals surface area contributed by atoms with Crippen molar-refractivity contribution < 1.29 is 38.8 Å². The predicted octanol–water partition coefficient (Wildman–Crippen LogP) is -1.07. The van der Waals surface area contributed by atoms with Crippen LogP contribution in [0.15, 0.2) is 0 Å². The smallest absolute Gasteiger partial charge is 0.302 e. The van der Waals surface area contributed by atoms with Crippen LogP contribution in [-0.4, -0.2) is 62.6 Å². The van der Waals surface area contributed by atoms with Crippen LogP contribution in [0.3, 0.4) is 0 Å². The molecule has 0 bridgehead atoms. The molecule has 1 rings (SSSR count). The van der Waals surface area contributed by atoms with Crippen LogP contribution in [0.4, 0.5) is 4.39 Å². The van der Waals surface area contributed by atoms with Gasteiger partial charge < -0.3 is 24.8 Å². The molecule has 0 radical (unpaired) electrons. The lowest BCUT2D eigenvalue weighted by molar-refractivity contribution is -0.178. The first kappa shape index (κ1) is 16.3. The number of hydrogen-bond donors (Lipinski definition) is 3. The maximum absolute atomic E-state index is 13.9. The maximum Gasteiger partial charge on any atom is 0.302 e. The average Bonchev–Trinajstić information content (AvgIpc) is 2.47. The Bertz CT molecular complexity index is 362. The summed E-state index contributed by atoms with van der Waals surface area (Å²) >= 11 is 0.582. The van der Waals surface area contributed by atoms with E-state index in [4.69, 9.17) is 4.74 Å². The molecule has 0 saturated carbocycles. The molecule has 7 nitrogen and oxygen atoms in total. The van der Waals surface area contributed by atoms with Crippen LogP contribution in [0.5, 0.6) is 0 Å². The second kappa shape index (κ2) is 6.14. The average molecular weight is 298 g/mol. The van der Waals surface area contributed by atoms with Gasteiger partial charge in [0.05, 0.1) is 5.25 Å². The summed E-state index contributed by atoms with van der Waals surface area (Å²) in [5, 5.41) is 26.4. The van der Waals surface area contributed by atoms with Crippen molar-refractivity contribution >= 4 is 22.8 Å². The lowest BCUT2D eigenvalue weighted by Crippen LogP contribution is -2.49. The molecule has 0 spiro atoms. The van der Waals surface area contributed by atoms with Gasteiger partial charge in [-0.15, -0.1) is 0 Å². The van der Waals surface area contributed by atoms with E-state index >= 15 is 0 Å². The molecule has 19 heavy (non-hydrogen) atoms. The third-order valence-corrected chi connectivity index (χ3v) is 3.49. The van der Waals surface area contributed by atoms with E-state index in [1.807, 2.05) is 0 Å². The molecule has 1 unspecified atom stereocenters. The van der Waals surface area contributed by atoms with Gasteiger partial charge in [0.15, 0.2) is 17.5 Å². The fourth-order valence-corrected chi connectivity index (χ4v) is 2.57. The number of alkyl halides is 1. The first-order chi connectivity index (χ1) is 8.66. The molecule has 9 heteroatoms. The van der Waals surface area contributed by atoms with E-state index in [2.05, 4.69) is 4.74 Å². The Balaban J connectivity index is 2.84. The molecule has 3 N–H and O–H groups in total. The number of halogens is 1. The Morgan fingerprint density at radius 1 is 1.47 bits per heavy atom. The maximum atomic E-state index is 13.9. The second-order valence-corrected chi connectivity index (χ2v) is 5.49. The zero-order valence-corrected chi connectivity index (χ0v) is 11.1. The molecule has 0 aromatic rings. The van der Waals surface area contributed by atoms with Gasteiger partial charge in [-0.25, -0.2) is 4.39 Å².